The van der Waals surface area contributed by atoms with Gasteiger partial charge in [-0.05, 0) is 22.8 Å². The lowest BCUT2D eigenvalue weighted by Gasteiger charge is -2.24. The van der Waals surface area contributed by atoms with E-state index in [0.29, 0.717) is 0 Å². The molecule has 0 aromatic heterocycles. The van der Waals surface area contributed by atoms with E-state index in [4.69, 9.17) is 0 Å². The minimum absolute atomic E-state index is 0.956. The molecule has 3 rings (SSSR count). The SMILES string of the molecule is CN1Cc2ccccc2/C=C\c2ccccc21. The van der Waals surface area contributed by atoms with Gasteiger partial charge in [-0.2, -0.15) is 0 Å². The van der Waals surface area contributed by atoms with Gasteiger partial charge in [0.15, 0.2) is 0 Å². The van der Waals surface area contributed by atoms with Crippen molar-refractivity contribution in [3.63, 3.8) is 0 Å². The highest BCUT2D eigenvalue weighted by atomic mass is 15.1. The predicted molar refractivity (Wildman–Crippen MR) is 73.9 cm³/mol. The normalized spacial score (nSPS) is 15.5. The highest BCUT2D eigenvalue weighted by molar-refractivity contribution is 5.79. The molecule has 0 saturated carbocycles. The zero-order chi connectivity index (χ0) is 11.7. The van der Waals surface area contributed by atoms with Crippen molar-refractivity contribution in [3.8, 4) is 0 Å². The second-order valence-corrected chi connectivity index (χ2v) is 4.45. The van der Waals surface area contributed by atoms with Crippen molar-refractivity contribution < 1.29 is 0 Å². The van der Waals surface area contributed by atoms with Crippen LogP contribution < -0.4 is 4.90 Å². The molecule has 1 nitrogen and oxygen atoms in total. The molecule has 1 heterocycles. The Kier molecular flexibility index (Phi) is 2.45. The van der Waals surface area contributed by atoms with Crippen LogP contribution in [0.15, 0.2) is 48.5 Å². The Morgan fingerprint density at radius 1 is 0.824 bits per heavy atom. The Morgan fingerprint density at radius 2 is 1.47 bits per heavy atom. The average molecular weight is 221 g/mol. The summed E-state index contributed by atoms with van der Waals surface area (Å²) in [5.74, 6) is 0. The number of hydrogen-bond donors (Lipinski definition) is 0. The third-order valence-electron chi connectivity index (χ3n) is 3.25. The van der Waals surface area contributed by atoms with Crippen LogP contribution in [-0.2, 0) is 6.54 Å². The van der Waals surface area contributed by atoms with Crippen molar-refractivity contribution in [2.45, 2.75) is 6.54 Å². The molecule has 0 saturated heterocycles. The zero-order valence-electron chi connectivity index (χ0n) is 9.93. The summed E-state index contributed by atoms with van der Waals surface area (Å²) < 4.78 is 0. The molecule has 0 spiro atoms. The first-order valence-corrected chi connectivity index (χ1v) is 5.91. The van der Waals surface area contributed by atoms with Crippen molar-refractivity contribution in [2.24, 2.45) is 0 Å². The van der Waals surface area contributed by atoms with E-state index in [1.165, 1.54) is 22.4 Å². The summed E-state index contributed by atoms with van der Waals surface area (Å²) in [4.78, 5) is 2.30. The maximum absolute atomic E-state index is 2.30. The Labute approximate surface area is 102 Å². The van der Waals surface area contributed by atoms with Crippen molar-refractivity contribution in [1.82, 2.24) is 0 Å². The van der Waals surface area contributed by atoms with Crippen LogP contribution in [0, 0.1) is 0 Å². The van der Waals surface area contributed by atoms with Crippen LogP contribution in [0.1, 0.15) is 16.7 Å². The number of nitrogens with zero attached hydrogens (tertiary/aromatic N) is 1. The van der Waals surface area contributed by atoms with Crippen molar-refractivity contribution in [3.05, 3.63) is 65.2 Å². The van der Waals surface area contributed by atoms with E-state index in [1.54, 1.807) is 0 Å². The van der Waals surface area contributed by atoms with Crippen LogP contribution in [0.25, 0.3) is 12.2 Å². The molecular formula is C16H15N. The van der Waals surface area contributed by atoms with Crippen LogP contribution in [-0.4, -0.2) is 7.05 Å². The van der Waals surface area contributed by atoms with Gasteiger partial charge in [-0.25, -0.2) is 0 Å². The summed E-state index contributed by atoms with van der Waals surface area (Å²) in [7, 11) is 2.15. The third kappa shape index (κ3) is 1.84. The lowest BCUT2D eigenvalue weighted by molar-refractivity contribution is 0.918. The molecule has 0 radical (unpaired) electrons. The molecule has 84 valence electrons. The van der Waals surface area contributed by atoms with Gasteiger partial charge < -0.3 is 4.90 Å². The van der Waals surface area contributed by atoms with Crippen LogP contribution in [0.5, 0.6) is 0 Å². The van der Waals surface area contributed by atoms with Gasteiger partial charge in [0.2, 0.25) is 0 Å². The maximum Gasteiger partial charge on any atom is 0.0440 e. The fourth-order valence-corrected chi connectivity index (χ4v) is 2.34. The van der Waals surface area contributed by atoms with Crippen molar-refractivity contribution >= 4 is 17.8 Å². The van der Waals surface area contributed by atoms with E-state index in [2.05, 4.69) is 72.6 Å². The molecule has 1 heteroatoms. The number of para-hydroxylation sites is 1. The van der Waals surface area contributed by atoms with Crippen molar-refractivity contribution in [1.29, 1.82) is 0 Å². The first-order chi connectivity index (χ1) is 8.34. The number of fused-ring (bicyclic) bond motifs is 2. The molecule has 0 fully saturated rings. The van der Waals surface area contributed by atoms with E-state index in [9.17, 15) is 0 Å². The molecule has 2 aromatic rings. The van der Waals surface area contributed by atoms with E-state index in [1.807, 2.05) is 0 Å². The summed E-state index contributed by atoms with van der Waals surface area (Å²) in [5.41, 5.74) is 5.26. The standard InChI is InChI=1S/C16H15N/c1-17-12-15-8-3-2-6-13(15)10-11-14-7-4-5-9-16(14)17/h2-11H,12H2,1H3/b11-10-. The molecule has 0 bridgehead atoms. The molecule has 0 atom stereocenters. The molecule has 0 unspecified atom stereocenters. The average Bonchev–Trinajstić information content (AvgIpc) is 2.36. The van der Waals surface area contributed by atoms with Gasteiger partial charge >= 0.3 is 0 Å². The van der Waals surface area contributed by atoms with E-state index in [-0.39, 0.29) is 0 Å². The molecule has 1 aliphatic heterocycles. The molecule has 0 N–H and O–H groups in total. The van der Waals surface area contributed by atoms with Crippen LogP contribution in [0.2, 0.25) is 0 Å². The monoisotopic (exact) mass is 221 g/mol. The fraction of sp³-hybridized carbons (Fsp3) is 0.125. The predicted octanol–water partition coefficient (Wildman–Crippen LogP) is 3.81. The quantitative estimate of drug-likeness (QED) is 0.654. The zero-order valence-corrected chi connectivity index (χ0v) is 9.93. The van der Waals surface area contributed by atoms with Gasteiger partial charge in [-0.3, -0.25) is 0 Å². The van der Waals surface area contributed by atoms with E-state index >= 15 is 0 Å². The minimum Gasteiger partial charge on any atom is -0.370 e. The Bertz CT molecular complexity index is 569. The molecule has 1 aliphatic rings. The minimum atomic E-state index is 0.956. The van der Waals surface area contributed by atoms with Gasteiger partial charge in [0.25, 0.3) is 0 Å². The molecule has 17 heavy (non-hydrogen) atoms. The second kappa shape index (κ2) is 4.10. The maximum atomic E-state index is 2.30. The number of hydrogen-bond acceptors (Lipinski definition) is 1. The number of benzene rings is 2. The van der Waals surface area contributed by atoms with Gasteiger partial charge in [-0.15, -0.1) is 0 Å². The second-order valence-electron chi connectivity index (χ2n) is 4.45. The Morgan fingerprint density at radius 3 is 2.35 bits per heavy atom. The topological polar surface area (TPSA) is 3.24 Å². The summed E-state index contributed by atoms with van der Waals surface area (Å²) in [5, 5.41) is 0. The first kappa shape index (κ1) is 10.2. The van der Waals surface area contributed by atoms with Crippen LogP contribution in [0.4, 0.5) is 5.69 Å². The van der Waals surface area contributed by atoms with Crippen molar-refractivity contribution in [2.75, 3.05) is 11.9 Å². The lowest BCUT2D eigenvalue weighted by Crippen LogP contribution is -2.18. The summed E-state index contributed by atoms with van der Waals surface area (Å²) in [6.45, 7) is 0.956. The largest absolute Gasteiger partial charge is 0.370 e. The molecule has 0 amide bonds. The van der Waals surface area contributed by atoms with Crippen LogP contribution in [0.3, 0.4) is 0 Å². The molecular weight excluding hydrogens is 206 g/mol. The Balaban J connectivity index is 2.16. The van der Waals surface area contributed by atoms with Gasteiger partial charge in [0.05, 0.1) is 0 Å². The third-order valence-corrected chi connectivity index (χ3v) is 3.25. The number of rotatable bonds is 0. The van der Waals surface area contributed by atoms with Gasteiger partial charge in [-0.1, -0.05) is 54.6 Å². The Hall–Kier alpha value is -2.02. The van der Waals surface area contributed by atoms with E-state index < -0.39 is 0 Å². The summed E-state index contributed by atoms with van der Waals surface area (Å²) in [6.07, 6.45) is 4.41. The smallest absolute Gasteiger partial charge is 0.0440 e. The molecule has 2 aromatic carbocycles. The fourth-order valence-electron chi connectivity index (χ4n) is 2.34. The lowest BCUT2D eigenvalue weighted by atomic mass is 10.0. The van der Waals surface area contributed by atoms with E-state index in [0.717, 1.165) is 6.54 Å². The van der Waals surface area contributed by atoms with Gasteiger partial charge in [0.1, 0.15) is 0 Å². The molecule has 0 aliphatic carbocycles. The number of anilines is 1. The van der Waals surface area contributed by atoms with Crippen LogP contribution >= 0.6 is 0 Å². The highest BCUT2D eigenvalue weighted by Crippen LogP contribution is 2.27. The van der Waals surface area contributed by atoms with Gasteiger partial charge in [0, 0.05) is 19.3 Å². The first-order valence-electron chi connectivity index (χ1n) is 5.91. The highest BCUT2D eigenvalue weighted by Gasteiger charge is 2.10. The summed E-state index contributed by atoms with van der Waals surface area (Å²) in [6, 6.07) is 17.1. The summed E-state index contributed by atoms with van der Waals surface area (Å²) >= 11 is 0.